The van der Waals surface area contributed by atoms with E-state index in [9.17, 15) is 9.59 Å². The zero-order valence-corrected chi connectivity index (χ0v) is 20.8. The van der Waals surface area contributed by atoms with Gasteiger partial charge in [0.05, 0.1) is 33.1 Å². The number of amides is 1. The quantitative estimate of drug-likeness (QED) is 0.197. The van der Waals surface area contributed by atoms with Crippen LogP contribution in [0.25, 0.3) is 0 Å². The molecule has 0 radical (unpaired) electrons. The first-order valence-corrected chi connectivity index (χ1v) is 11.0. The Morgan fingerprint density at radius 1 is 0.861 bits per heavy atom. The van der Waals surface area contributed by atoms with Crippen LogP contribution in [0.1, 0.15) is 27.0 Å². The lowest BCUT2D eigenvalue weighted by atomic mass is 10.1. The van der Waals surface area contributed by atoms with Gasteiger partial charge in [-0.15, -0.1) is 0 Å². The fraction of sp³-hybridized carbons (Fsp3) is 0.222. The zero-order valence-electron chi connectivity index (χ0n) is 20.8. The number of para-hydroxylation sites is 1. The molecule has 0 heterocycles. The lowest BCUT2D eigenvalue weighted by Crippen LogP contribution is -2.25. The molecule has 0 spiro atoms. The summed E-state index contributed by atoms with van der Waals surface area (Å²) in [6, 6.07) is 15.5. The van der Waals surface area contributed by atoms with Gasteiger partial charge in [0, 0.05) is 0 Å². The number of nitrogens with one attached hydrogen (secondary N) is 1. The van der Waals surface area contributed by atoms with Crippen molar-refractivity contribution in [3.8, 4) is 28.7 Å². The number of rotatable bonds is 10. The summed E-state index contributed by atoms with van der Waals surface area (Å²) in [5, 5.41) is 3.95. The molecule has 9 nitrogen and oxygen atoms in total. The second-order valence-corrected chi connectivity index (χ2v) is 7.68. The molecule has 0 unspecified atom stereocenters. The van der Waals surface area contributed by atoms with E-state index in [1.807, 2.05) is 32.0 Å². The van der Waals surface area contributed by atoms with Gasteiger partial charge in [0.1, 0.15) is 11.5 Å². The van der Waals surface area contributed by atoms with Gasteiger partial charge in [0.15, 0.2) is 18.1 Å². The van der Waals surface area contributed by atoms with Crippen LogP contribution in [-0.4, -0.2) is 46.0 Å². The minimum atomic E-state index is -0.611. The number of hydrogen-bond acceptors (Lipinski definition) is 8. The molecule has 9 heteroatoms. The van der Waals surface area contributed by atoms with Crippen LogP contribution >= 0.6 is 0 Å². The largest absolute Gasteiger partial charge is 0.493 e. The highest BCUT2D eigenvalue weighted by Gasteiger charge is 2.18. The fourth-order valence-electron chi connectivity index (χ4n) is 3.40. The van der Waals surface area contributed by atoms with Crippen LogP contribution in [0, 0.1) is 13.8 Å². The highest BCUT2D eigenvalue weighted by molar-refractivity contribution is 5.93. The predicted molar refractivity (Wildman–Crippen MR) is 135 cm³/mol. The number of carbonyl (C=O) groups is 2. The fourth-order valence-corrected chi connectivity index (χ4v) is 3.40. The molecule has 0 saturated carbocycles. The van der Waals surface area contributed by atoms with E-state index in [1.54, 1.807) is 24.3 Å². The number of nitrogens with zero attached hydrogens (tertiary/aromatic N) is 1. The minimum Gasteiger partial charge on any atom is -0.493 e. The molecule has 0 aromatic heterocycles. The molecule has 3 aromatic carbocycles. The third-order valence-corrected chi connectivity index (χ3v) is 5.13. The van der Waals surface area contributed by atoms with E-state index in [0.717, 1.165) is 11.1 Å². The van der Waals surface area contributed by atoms with E-state index in [4.69, 9.17) is 23.7 Å². The van der Waals surface area contributed by atoms with Gasteiger partial charge < -0.3 is 23.7 Å². The Kier molecular flexibility index (Phi) is 8.88. The second kappa shape index (κ2) is 12.3. The van der Waals surface area contributed by atoms with Crippen LogP contribution in [0.5, 0.6) is 28.7 Å². The summed E-state index contributed by atoms with van der Waals surface area (Å²) in [5.74, 6) is 1.00. The van der Waals surface area contributed by atoms with Crippen LogP contribution in [0.15, 0.2) is 59.7 Å². The number of aryl methyl sites for hydroxylation is 2. The average molecular weight is 493 g/mol. The van der Waals surface area contributed by atoms with Crippen molar-refractivity contribution in [2.75, 3.05) is 27.9 Å². The van der Waals surface area contributed by atoms with Crippen molar-refractivity contribution in [1.29, 1.82) is 0 Å². The van der Waals surface area contributed by atoms with Crippen molar-refractivity contribution < 1.29 is 33.3 Å². The minimum absolute atomic E-state index is 0.171. The van der Waals surface area contributed by atoms with Crippen molar-refractivity contribution in [2.24, 2.45) is 5.10 Å². The summed E-state index contributed by atoms with van der Waals surface area (Å²) in [5.41, 5.74) is 5.15. The average Bonchev–Trinajstić information content (AvgIpc) is 2.87. The molecule has 36 heavy (non-hydrogen) atoms. The molecule has 1 N–H and O–H groups in total. The van der Waals surface area contributed by atoms with Gasteiger partial charge in [0.25, 0.3) is 5.91 Å². The monoisotopic (exact) mass is 492 g/mol. The first-order chi connectivity index (χ1) is 17.4. The normalized spacial score (nSPS) is 10.6. The van der Waals surface area contributed by atoms with Gasteiger partial charge >= 0.3 is 5.97 Å². The molecular formula is C27H28N2O7. The standard InChI is InChI=1S/C27H28N2O7/c1-17-8-6-9-18(2)25(17)35-16-24(30)29-28-15-19-10-7-11-21(12-19)36-27(31)20-13-22(32-3)26(34-5)23(14-20)33-4/h6-15H,16H2,1-5H3,(H,29,30). The molecule has 0 fully saturated rings. The Hall–Kier alpha value is -4.53. The molecule has 0 bridgehead atoms. The smallest absolute Gasteiger partial charge is 0.343 e. The van der Waals surface area contributed by atoms with Crippen molar-refractivity contribution >= 4 is 18.1 Å². The molecule has 1 amide bonds. The number of carbonyl (C=O) groups excluding carboxylic acids is 2. The van der Waals surface area contributed by atoms with Crippen LogP contribution in [0.2, 0.25) is 0 Å². The van der Waals surface area contributed by atoms with Crippen LogP contribution in [0.3, 0.4) is 0 Å². The van der Waals surface area contributed by atoms with Crippen molar-refractivity contribution in [1.82, 2.24) is 5.43 Å². The van der Waals surface area contributed by atoms with Crippen molar-refractivity contribution in [2.45, 2.75) is 13.8 Å². The SMILES string of the molecule is COc1cc(C(=O)Oc2cccc(C=NNC(=O)COc3c(C)cccc3C)c2)cc(OC)c1OC. The molecule has 0 aliphatic rings. The number of methoxy groups -OCH3 is 3. The zero-order chi connectivity index (χ0) is 26.1. The highest BCUT2D eigenvalue weighted by Crippen LogP contribution is 2.38. The van der Waals surface area contributed by atoms with Crippen LogP contribution in [0.4, 0.5) is 0 Å². The third-order valence-electron chi connectivity index (χ3n) is 5.13. The molecular weight excluding hydrogens is 464 g/mol. The molecule has 3 aromatic rings. The number of ether oxygens (including phenoxy) is 5. The molecule has 0 aliphatic carbocycles. The van der Waals surface area contributed by atoms with Crippen LogP contribution < -0.4 is 29.1 Å². The van der Waals surface area contributed by atoms with E-state index in [0.29, 0.717) is 34.3 Å². The summed E-state index contributed by atoms with van der Waals surface area (Å²) in [6.45, 7) is 3.66. The maximum Gasteiger partial charge on any atom is 0.343 e. The second-order valence-electron chi connectivity index (χ2n) is 7.68. The number of esters is 1. The first-order valence-electron chi connectivity index (χ1n) is 11.0. The molecule has 0 saturated heterocycles. The van der Waals surface area contributed by atoms with E-state index in [2.05, 4.69) is 10.5 Å². The number of hydrogen-bond donors (Lipinski definition) is 1. The van der Waals surface area contributed by atoms with E-state index < -0.39 is 11.9 Å². The van der Waals surface area contributed by atoms with Gasteiger partial charge in [-0.1, -0.05) is 30.3 Å². The Labute approximate surface area is 209 Å². The van der Waals surface area contributed by atoms with Crippen molar-refractivity contribution in [3.63, 3.8) is 0 Å². The lowest BCUT2D eigenvalue weighted by Gasteiger charge is -2.13. The summed E-state index contributed by atoms with van der Waals surface area (Å²) >= 11 is 0. The Morgan fingerprint density at radius 2 is 1.50 bits per heavy atom. The maximum absolute atomic E-state index is 12.7. The van der Waals surface area contributed by atoms with Gasteiger partial charge in [-0.2, -0.15) is 5.10 Å². The molecule has 0 aliphatic heterocycles. The van der Waals surface area contributed by atoms with Crippen LogP contribution in [-0.2, 0) is 4.79 Å². The topological polar surface area (TPSA) is 105 Å². The van der Waals surface area contributed by atoms with Gasteiger partial charge in [-0.05, 0) is 54.8 Å². The first kappa shape index (κ1) is 26.1. The van der Waals surface area contributed by atoms with Gasteiger partial charge in [0.2, 0.25) is 5.75 Å². The van der Waals surface area contributed by atoms with Gasteiger partial charge in [-0.25, -0.2) is 10.2 Å². The van der Waals surface area contributed by atoms with Gasteiger partial charge in [-0.3, -0.25) is 4.79 Å². The van der Waals surface area contributed by atoms with E-state index in [-0.39, 0.29) is 12.2 Å². The maximum atomic E-state index is 12.7. The Balaban J connectivity index is 1.61. The highest BCUT2D eigenvalue weighted by atomic mass is 16.5. The summed E-state index contributed by atoms with van der Waals surface area (Å²) < 4.78 is 26.9. The molecule has 188 valence electrons. The lowest BCUT2D eigenvalue weighted by molar-refractivity contribution is -0.123. The summed E-state index contributed by atoms with van der Waals surface area (Å²) in [7, 11) is 4.40. The Morgan fingerprint density at radius 3 is 2.11 bits per heavy atom. The summed E-state index contributed by atoms with van der Waals surface area (Å²) in [4.78, 5) is 24.8. The van der Waals surface area contributed by atoms with E-state index >= 15 is 0 Å². The molecule has 3 rings (SSSR count). The number of hydrazone groups is 1. The van der Waals surface area contributed by atoms with Crippen molar-refractivity contribution in [3.05, 3.63) is 76.9 Å². The third kappa shape index (κ3) is 6.53. The summed E-state index contributed by atoms with van der Waals surface area (Å²) in [6.07, 6.45) is 1.44. The Bertz CT molecular complexity index is 1230. The van der Waals surface area contributed by atoms with E-state index in [1.165, 1.54) is 39.7 Å². The number of benzene rings is 3. The molecule has 0 atom stereocenters. The predicted octanol–water partition coefficient (Wildman–Crippen LogP) is 4.08.